The molecule has 1 heterocycles. The Kier molecular flexibility index (Phi) is 1.98. The van der Waals surface area contributed by atoms with Gasteiger partial charge in [-0.3, -0.25) is 0 Å². The molecule has 0 unspecified atom stereocenters. The normalized spacial score (nSPS) is 18.0. The number of hydrogen-bond acceptors (Lipinski definition) is 3. The molecule has 0 saturated heterocycles. The Morgan fingerprint density at radius 3 is 2.36 bits per heavy atom. The summed E-state index contributed by atoms with van der Waals surface area (Å²) in [4.78, 5) is 9.13. The van der Waals surface area contributed by atoms with Crippen LogP contribution in [0.15, 0.2) is 0 Å². The molecular weight excluding hydrogens is 174 g/mol. The highest BCUT2D eigenvalue weighted by atomic mass is 15.0. The van der Waals surface area contributed by atoms with Gasteiger partial charge in [-0.05, 0) is 26.7 Å². The molecule has 1 saturated carbocycles. The van der Waals surface area contributed by atoms with Crippen molar-refractivity contribution in [1.29, 1.82) is 0 Å². The monoisotopic (exact) mass is 191 g/mol. The van der Waals surface area contributed by atoms with Gasteiger partial charge >= 0.3 is 0 Å². The summed E-state index contributed by atoms with van der Waals surface area (Å²) in [6, 6.07) is 0. The lowest BCUT2D eigenvalue weighted by Gasteiger charge is -2.12. The van der Waals surface area contributed by atoms with Gasteiger partial charge in [-0.1, -0.05) is 6.92 Å². The summed E-state index contributed by atoms with van der Waals surface area (Å²) in [6.07, 6.45) is 2.44. The summed E-state index contributed by atoms with van der Waals surface area (Å²) in [5.74, 6) is 1.98. The van der Waals surface area contributed by atoms with E-state index < -0.39 is 0 Å². The molecule has 0 amide bonds. The maximum atomic E-state index is 4.56. The van der Waals surface area contributed by atoms with Gasteiger partial charge in [0.05, 0.1) is 0 Å². The van der Waals surface area contributed by atoms with Crippen molar-refractivity contribution < 1.29 is 0 Å². The number of rotatable bonds is 2. The average molecular weight is 191 g/mol. The molecule has 0 radical (unpaired) electrons. The first-order chi connectivity index (χ1) is 6.57. The van der Waals surface area contributed by atoms with Crippen LogP contribution in [0.3, 0.4) is 0 Å². The largest absolute Gasteiger partial charge is 0.373 e. The van der Waals surface area contributed by atoms with E-state index in [0.29, 0.717) is 0 Å². The van der Waals surface area contributed by atoms with E-state index in [1.807, 2.05) is 14.0 Å². The number of aromatic nitrogens is 2. The summed E-state index contributed by atoms with van der Waals surface area (Å²) < 4.78 is 0. The molecule has 1 aromatic heterocycles. The zero-order chi connectivity index (χ0) is 10.3. The Morgan fingerprint density at radius 1 is 1.21 bits per heavy atom. The van der Waals surface area contributed by atoms with Gasteiger partial charge in [0.2, 0.25) is 0 Å². The van der Waals surface area contributed by atoms with E-state index in [1.165, 1.54) is 12.8 Å². The minimum atomic E-state index is 0.254. The van der Waals surface area contributed by atoms with Gasteiger partial charge in [-0.25, -0.2) is 9.97 Å². The molecule has 1 aliphatic rings. The average Bonchev–Trinajstić information content (AvgIpc) is 2.89. The fourth-order valence-corrected chi connectivity index (χ4v) is 1.55. The fraction of sp³-hybridized carbons (Fsp3) is 0.636. The maximum absolute atomic E-state index is 4.56. The molecule has 1 fully saturated rings. The molecule has 14 heavy (non-hydrogen) atoms. The molecule has 0 spiro atoms. The Bertz CT molecular complexity index is 367. The molecule has 1 aromatic rings. The molecular formula is C11H17N3. The molecule has 2 rings (SSSR count). The lowest BCUT2D eigenvalue weighted by Crippen LogP contribution is -2.11. The van der Waals surface area contributed by atoms with Gasteiger partial charge in [0.15, 0.2) is 0 Å². The second kappa shape index (κ2) is 2.94. The third-order valence-electron chi connectivity index (χ3n) is 3.17. The van der Waals surface area contributed by atoms with E-state index in [0.717, 1.165) is 22.9 Å². The van der Waals surface area contributed by atoms with Crippen LogP contribution >= 0.6 is 0 Å². The standard InChI is InChI=1S/C11H17N3/c1-7-8(2)13-10(11(3)5-6-11)14-9(7)12-4/h5-6H2,1-4H3,(H,12,13,14). The Labute approximate surface area is 85.0 Å². The van der Waals surface area contributed by atoms with Gasteiger partial charge in [-0.2, -0.15) is 0 Å². The predicted octanol–water partition coefficient (Wildman–Crippen LogP) is 2.19. The summed E-state index contributed by atoms with van der Waals surface area (Å²) >= 11 is 0. The van der Waals surface area contributed by atoms with E-state index in [2.05, 4.69) is 29.1 Å². The van der Waals surface area contributed by atoms with Crippen LogP contribution in [0, 0.1) is 13.8 Å². The van der Waals surface area contributed by atoms with Gasteiger partial charge in [0.1, 0.15) is 11.6 Å². The summed E-state index contributed by atoms with van der Waals surface area (Å²) in [6.45, 7) is 6.34. The zero-order valence-electron chi connectivity index (χ0n) is 9.31. The van der Waals surface area contributed by atoms with Crippen LogP contribution in [0.2, 0.25) is 0 Å². The lowest BCUT2D eigenvalue weighted by atomic mass is 10.1. The van der Waals surface area contributed by atoms with Crippen LogP contribution in [-0.2, 0) is 5.41 Å². The molecule has 3 heteroatoms. The van der Waals surface area contributed by atoms with Crippen LogP contribution in [0.5, 0.6) is 0 Å². The van der Waals surface area contributed by atoms with E-state index in [-0.39, 0.29) is 5.41 Å². The first-order valence-electron chi connectivity index (χ1n) is 5.10. The topological polar surface area (TPSA) is 37.8 Å². The summed E-state index contributed by atoms with van der Waals surface area (Å²) in [5.41, 5.74) is 2.50. The highest BCUT2D eigenvalue weighted by molar-refractivity contribution is 5.45. The quantitative estimate of drug-likeness (QED) is 0.778. The fourth-order valence-electron chi connectivity index (χ4n) is 1.55. The molecule has 0 bridgehead atoms. The first-order valence-corrected chi connectivity index (χ1v) is 5.10. The molecule has 0 atom stereocenters. The smallest absolute Gasteiger partial charge is 0.136 e. The van der Waals surface area contributed by atoms with Crippen molar-refractivity contribution in [2.24, 2.45) is 0 Å². The van der Waals surface area contributed by atoms with E-state index in [4.69, 9.17) is 0 Å². The van der Waals surface area contributed by atoms with Gasteiger partial charge in [-0.15, -0.1) is 0 Å². The van der Waals surface area contributed by atoms with Gasteiger partial charge in [0, 0.05) is 23.7 Å². The van der Waals surface area contributed by atoms with Crippen molar-refractivity contribution in [2.75, 3.05) is 12.4 Å². The van der Waals surface area contributed by atoms with Gasteiger partial charge in [0.25, 0.3) is 0 Å². The highest BCUT2D eigenvalue weighted by Gasteiger charge is 2.42. The highest BCUT2D eigenvalue weighted by Crippen LogP contribution is 2.46. The number of nitrogens with zero attached hydrogens (tertiary/aromatic N) is 2. The van der Waals surface area contributed by atoms with Crippen molar-refractivity contribution >= 4 is 5.82 Å². The van der Waals surface area contributed by atoms with Crippen LogP contribution in [0.1, 0.15) is 36.8 Å². The number of hydrogen-bond donors (Lipinski definition) is 1. The van der Waals surface area contributed by atoms with Crippen molar-refractivity contribution in [1.82, 2.24) is 9.97 Å². The van der Waals surface area contributed by atoms with Crippen molar-refractivity contribution in [2.45, 2.75) is 39.0 Å². The SMILES string of the molecule is CNc1nc(C2(C)CC2)nc(C)c1C. The Hall–Kier alpha value is -1.12. The maximum Gasteiger partial charge on any atom is 0.136 e. The molecule has 76 valence electrons. The first kappa shape index (κ1) is 9.44. The van der Waals surface area contributed by atoms with Crippen LogP contribution < -0.4 is 5.32 Å². The summed E-state index contributed by atoms with van der Waals surface area (Å²) in [7, 11) is 1.91. The van der Waals surface area contributed by atoms with Crippen molar-refractivity contribution in [3.05, 3.63) is 17.1 Å². The molecule has 1 aliphatic carbocycles. The van der Waals surface area contributed by atoms with E-state index in [1.54, 1.807) is 0 Å². The van der Waals surface area contributed by atoms with E-state index >= 15 is 0 Å². The minimum Gasteiger partial charge on any atom is -0.373 e. The molecule has 0 aromatic carbocycles. The lowest BCUT2D eigenvalue weighted by molar-refractivity contribution is 0.702. The number of aryl methyl sites for hydroxylation is 1. The summed E-state index contributed by atoms with van der Waals surface area (Å²) in [5, 5.41) is 3.13. The van der Waals surface area contributed by atoms with Crippen LogP contribution in [0.4, 0.5) is 5.82 Å². The molecule has 3 nitrogen and oxygen atoms in total. The predicted molar refractivity (Wildman–Crippen MR) is 57.6 cm³/mol. The van der Waals surface area contributed by atoms with Crippen molar-refractivity contribution in [3.63, 3.8) is 0 Å². The molecule has 0 aliphatic heterocycles. The minimum absolute atomic E-state index is 0.254. The zero-order valence-corrected chi connectivity index (χ0v) is 9.31. The number of anilines is 1. The Balaban J connectivity index is 2.48. The third-order valence-corrected chi connectivity index (χ3v) is 3.17. The van der Waals surface area contributed by atoms with Crippen LogP contribution in [0.25, 0.3) is 0 Å². The number of nitrogens with one attached hydrogen (secondary N) is 1. The van der Waals surface area contributed by atoms with Gasteiger partial charge < -0.3 is 5.32 Å². The van der Waals surface area contributed by atoms with Crippen molar-refractivity contribution in [3.8, 4) is 0 Å². The van der Waals surface area contributed by atoms with E-state index in [9.17, 15) is 0 Å². The Morgan fingerprint density at radius 2 is 1.86 bits per heavy atom. The van der Waals surface area contributed by atoms with Crippen LogP contribution in [-0.4, -0.2) is 17.0 Å². The third kappa shape index (κ3) is 1.37. The second-order valence-corrected chi connectivity index (χ2v) is 4.42. The second-order valence-electron chi connectivity index (χ2n) is 4.42. The molecule has 1 N–H and O–H groups in total.